The fourth-order valence-corrected chi connectivity index (χ4v) is 13.6. The number of nitrogens with zero attached hydrogens (tertiary/aromatic N) is 3. The molecule has 0 radical (unpaired) electrons. The molecule has 0 spiro atoms. The van der Waals surface area contributed by atoms with Gasteiger partial charge in [0, 0.05) is 56.3 Å². The number of anilines is 8. The summed E-state index contributed by atoms with van der Waals surface area (Å²) in [5.41, 5.74) is 25.1. The number of benzene rings is 7. The summed E-state index contributed by atoms with van der Waals surface area (Å²) in [6, 6.07) is 54.9. The maximum absolute atomic E-state index is 2.80. The second-order valence-electron chi connectivity index (χ2n) is 25.4. The van der Waals surface area contributed by atoms with Crippen molar-refractivity contribution in [2.45, 2.75) is 148 Å². The molecule has 3 nitrogen and oxygen atoms in total. The Morgan fingerprint density at radius 1 is 0.406 bits per heavy atom. The highest BCUT2D eigenvalue weighted by Crippen LogP contribution is 2.62. The monoisotopic (exact) mass is 904 g/mol. The molecule has 1 aliphatic carbocycles. The van der Waals surface area contributed by atoms with Gasteiger partial charge in [-0.3, -0.25) is 0 Å². The summed E-state index contributed by atoms with van der Waals surface area (Å²) in [7, 11) is 0. The summed E-state index contributed by atoms with van der Waals surface area (Å²) in [4.78, 5) is 8.18. The summed E-state index contributed by atoms with van der Waals surface area (Å²) < 4.78 is 0. The fraction of sp³-hybridized carbons (Fsp3) is 0.354. The Balaban J connectivity index is 1.23. The number of fused-ring (bicyclic) bond motifs is 3. The average molecular weight is 904 g/mol. The summed E-state index contributed by atoms with van der Waals surface area (Å²) in [6.07, 6.45) is 4.83. The molecule has 0 bridgehead atoms. The largest absolute Gasteiger partial charge is 0.334 e. The zero-order valence-corrected chi connectivity index (χ0v) is 43.5. The lowest BCUT2D eigenvalue weighted by Crippen LogP contribution is -2.67. The van der Waals surface area contributed by atoms with Crippen LogP contribution in [0.1, 0.15) is 149 Å². The highest BCUT2D eigenvalue weighted by molar-refractivity contribution is 7.01. The van der Waals surface area contributed by atoms with Crippen LogP contribution >= 0.6 is 0 Å². The first kappa shape index (κ1) is 44.2. The molecule has 4 heterocycles. The molecule has 1 saturated carbocycles. The quantitative estimate of drug-likeness (QED) is 0.163. The fourth-order valence-electron chi connectivity index (χ4n) is 13.6. The number of hydrogen-bond donors (Lipinski definition) is 0. The van der Waals surface area contributed by atoms with Crippen molar-refractivity contribution >= 4 is 68.6 Å². The lowest BCUT2D eigenvalue weighted by molar-refractivity contribution is 0.195. The van der Waals surface area contributed by atoms with E-state index in [-0.39, 0.29) is 39.3 Å². The molecule has 2 atom stereocenters. The molecule has 0 N–H and O–H groups in total. The molecule has 5 aliphatic rings. The third-order valence-electron chi connectivity index (χ3n) is 17.8. The molecule has 4 aliphatic heterocycles. The van der Waals surface area contributed by atoms with E-state index < -0.39 is 0 Å². The second-order valence-corrected chi connectivity index (χ2v) is 25.4. The zero-order valence-electron chi connectivity index (χ0n) is 43.5. The predicted molar refractivity (Wildman–Crippen MR) is 297 cm³/mol. The van der Waals surface area contributed by atoms with Crippen LogP contribution in [0.5, 0.6) is 0 Å². The molecule has 7 aromatic rings. The Morgan fingerprint density at radius 2 is 0.870 bits per heavy atom. The van der Waals surface area contributed by atoms with Gasteiger partial charge in [-0.25, -0.2) is 0 Å². The Hall–Kier alpha value is -6.00. The molecule has 0 aromatic heterocycles. The standard InChI is InChI=1S/C65H70BN3/c1-60(2,3)43-27-31-47(32-28-43)68-54-38-45(62(7,8)9)36-51-58(54)66-57-50(63(51,10)11)35-44(61(4,5)6)37-53(57)67(46-29-25-42(26-30-46)41-21-15-14-16-22-41)55-39-48(40-56(68)59(55)66)69-52-24-18-17-23-49(52)64(12)33-19-20-34-65(64,69)13/h14-18,21-32,35-40H,19-20,33-34H2,1-13H3. The van der Waals surface area contributed by atoms with Crippen LogP contribution in [0.3, 0.4) is 0 Å². The van der Waals surface area contributed by atoms with Gasteiger partial charge in [0.2, 0.25) is 0 Å². The van der Waals surface area contributed by atoms with E-state index in [4.69, 9.17) is 0 Å². The van der Waals surface area contributed by atoms with Crippen LogP contribution in [-0.2, 0) is 27.1 Å². The average Bonchev–Trinajstić information content (AvgIpc) is 3.52. The second kappa shape index (κ2) is 14.5. The van der Waals surface area contributed by atoms with Gasteiger partial charge in [-0.2, -0.15) is 0 Å². The Bertz CT molecular complexity index is 3230. The predicted octanol–water partition coefficient (Wildman–Crippen LogP) is 15.7. The molecular weight excluding hydrogens is 834 g/mol. The van der Waals surface area contributed by atoms with Gasteiger partial charge in [-0.05, 0) is 152 Å². The summed E-state index contributed by atoms with van der Waals surface area (Å²) >= 11 is 0. The van der Waals surface area contributed by atoms with E-state index >= 15 is 0 Å². The smallest absolute Gasteiger partial charge is 0.252 e. The van der Waals surface area contributed by atoms with Crippen molar-refractivity contribution in [3.8, 4) is 11.1 Å². The minimum Gasteiger partial charge on any atom is -0.334 e. The molecule has 69 heavy (non-hydrogen) atoms. The van der Waals surface area contributed by atoms with Crippen molar-refractivity contribution in [3.63, 3.8) is 0 Å². The molecule has 0 amide bonds. The van der Waals surface area contributed by atoms with Crippen LogP contribution in [0.15, 0.2) is 140 Å². The lowest BCUT2D eigenvalue weighted by atomic mass is 9.28. The topological polar surface area (TPSA) is 9.72 Å². The minimum absolute atomic E-state index is 0.0194. The van der Waals surface area contributed by atoms with Crippen LogP contribution < -0.4 is 31.1 Å². The molecule has 2 unspecified atom stereocenters. The molecular formula is C65H70BN3. The maximum atomic E-state index is 2.80. The first-order valence-electron chi connectivity index (χ1n) is 25.9. The Labute approximate surface area is 413 Å². The van der Waals surface area contributed by atoms with Crippen molar-refractivity contribution in [2.24, 2.45) is 0 Å². The first-order valence-corrected chi connectivity index (χ1v) is 25.9. The van der Waals surface area contributed by atoms with Gasteiger partial charge in [0.15, 0.2) is 0 Å². The van der Waals surface area contributed by atoms with Crippen molar-refractivity contribution in [3.05, 3.63) is 173 Å². The molecule has 1 fully saturated rings. The number of hydrogen-bond acceptors (Lipinski definition) is 3. The molecule has 7 aromatic carbocycles. The van der Waals surface area contributed by atoms with Gasteiger partial charge in [0.25, 0.3) is 6.71 Å². The summed E-state index contributed by atoms with van der Waals surface area (Å²) in [6.45, 7) is 31.6. The first-order chi connectivity index (χ1) is 32.6. The van der Waals surface area contributed by atoms with E-state index in [1.807, 2.05) is 0 Å². The van der Waals surface area contributed by atoms with Crippen LogP contribution in [0.2, 0.25) is 0 Å². The van der Waals surface area contributed by atoms with Gasteiger partial charge >= 0.3 is 0 Å². The Kier molecular flexibility index (Phi) is 9.32. The van der Waals surface area contributed by atoms with Gasteiger partial charge in [0.05, 0.1) is 5.54 Å². The normalized spacial score (nSPS) is 20.7. The third-order valence-corrected chi connectivity index (χ3v) is 17.8. The molecule has 0 saturated heterocycles. The van der Waals surface area contributed by atoms with Crippen molar-refractivity contribution in [1.29, 1.82) is 0 Å². The van der Waals surface area contributed by atoms with E-state index in [1.54, 1.807) is 0 Å². The number of rotatable bonds is 4. The van der Waals surface area contributed by atoms with Crippen LogP contribution in [0, 0.1) is 0 Å². The summed E-state index contributed by atoms with van der Waals surface area (Å²) in [5, 5.41) is 0. The third kappa shape index (κ3) is 6.25. The summed E-state index contributed by atoms with van der Waals surface area (Å²) in [5.74, 6) is 0. The van der Waals surface area contributed by atoms with Crippen molar-refractivity contribution in [2.75, 3.05) is 14.7 Å². The maximum Gasteiger partial charge on any atom is 0.252 e. The highest BCUT2D eigenvalue weighted by atomic mass is 15.3. The van der Waals surface area contributed by atoms with Crippen LogP contribution in [-0.4, -0.2) is 12.3 Å². The van der Waals surface area contributed by atoms with Crippen LogP contribution in [0.4, 0.5) is 45.5 Å². The SMILES string of the molecule is CC(C)(C)c1ccc(N2c3cc(N4c5ccccc5C5(C)CCCCC45C)cc4c3B3c5c(cc(C(C)(C)C)cc5C(C)(C)c5cc(C(C)(C)C)cc2c53)N4c2ccc(-c3ccccc3)cc2)cc1. The Morgan fingerprint density at radius 3 is 1.41 bits per heavy atom. The number of para-hydroxylation sites is 1. The lowest BCUT2D eigenvalue weighted by Gasteiger charge is -2.53. The minimum atomic E-state index is -0.272. The van der Waals surface area contributed by atoms with Gasteiger partial charge in [-0.1, -0.05) is 181 Å². The van der Waals surface area contributed by atoms with E-state index in [0.717, 1.165) is 6.42 Å². The van der Waals surface area contributed by atoms with Crippen molar-refractivity contribution in [1.82, 2.24) is 0 Å². The van der Waals surface area contributed by atoms with Gasteiger partial charge in [-0.15, -0.1) is 0 Å². The van der Waals surface area contributed by atoms with E-state index in [9.17, 15) is 0 Å². The van der Waals surface area contributed by atoms with E-state index in [1.165, 1.54) is 126 Å². The molecule has 12 rings (SSSR count). The molecule has 4 heteroatoms. The van der Waals surface area contributed by atoms with Gasteiger partial charge < -0.3 is 14.7 Å². The van der Waals surface area contributed by atoms with Crippen molar-refractivity contribution < 1.29 is 0 Å². The zero-order chi connectivity index (χ0) is 48.4. The van der Waals surface area contributed by atoms with Gasteiger partial charge in [0.1, 0.15) is 0 Å². The molecule has 348 valence electrons. The van der Waals surface area contributed by atoms with Crippen LogP contribution in [0.25, 0.3) is 11.1 Å². The van der Waals surface area contributed by atoms with E-state index in [0.29, 0.717) is 0 Å². The van der Waals surface area contributed by atoms with E-state index in [2.05, 4.69) is 244 Å². The highest BCUT2D eigenvalue weighted by Gasteiger charge is 2.59.